The summed E-state index contributed by atoms with van der Waals surface area (Å²) in [6.45, 7) is 11.8. The Morgan fingerprint density at radius 2 is 1.52 bits per heavy atom. The Morgan fingerprint density at radius 3 is 2.20 bits per heavy atom. The first-order valence-corrected chi connectivity index (χ1v) is 16.6. The van der Waals surface area contributed by atoms with Crippen LogP contribution in [0, 0.1) is 0 Å². The van der Waals surface area contributed by atoms with Gasteiger partial charge in [0, 0.05) is 50.3 Å². The van der Waals surface area contributed by atoms with Crippen molar-refractivity contribution < 1.29 is 0 Å². The summed E-state index contributed by atoms with van der Waals surface area (Å²) in [5, 5.41) is 7.50. The highest BCUT2D eigenvalue weighted by Crippen LogP contribution is 2.34. The van der Waals surface area contributed by atoms with Gasteiger partial charge in [0.15, 0.2) is 17.0 Å². The van der Waals surface area contributed by atoms with Crippen LogP contribution in [-0.2, 0) is 0 Å². The van der Waals surface area contributed by atoms with Crippen molar-refractivity contribution in [2.24, 2.45) is 5.73 Å². The number of hydrogen-bond donors (Lipinski definition) is 3. The van der Waals surface area contributed by atoms with Crippen molar-refractivity contribution in [2.45, 2.75) is 128 Å². The molecule has 2 aromatic rings. The number of nitrogens with two attached hydrogens (primary N) is 1. The quantitative estimate of drug-likeness (QED) is 0.286. The number of piperidine rings is 1. The van der Waals surface area contributed by atoms with Crippen molar-refractivity contribution in [2.75, 3.05) is 49.9 Å². The monoisotopic (exact) mass is 553 g/mol. The highest BCUT2D eigenvalue weighted by molar-refractivity contribution is 5.84. The average molecular weight is 554 g/mol. The molecule has 2 saturated carbocycles. The van der Waals surface area contributed by atoms with E-state index in [9.17, 15) is 0 Å². The lowest BCUT2D eigenvalue weighted by Gasteiger charge is -2.34. The highest BCUT2D eigenvalue weighted by atomic mass is 15.2. The molecule has 1 saturated heterocycles. The lowest BCUT2D eigenvalue weighted by atomic mass is 9.92. The number of likely N-dealkylation sites (tertiary alicyclic amines) is 1. The molecule has 0 spiro atoms. The molecule has 40 heavy (non-hydrogen) atoms. The summed E-state index contributed by atoms with van der Waals surface area (Å²) in [5.74, 6) is 1.65. The standard InChI is InChI=1S/C31H55N9/c1-3-5-17-38(18-6-4-2)21-22-39-19-15-26(16-20-39)34-29-28-30(40(23-33-28)27-9-7-8-10-27)37-31(36-29)35-25-13-11-24(32)12-14-25/h23-27H,3-22,32H2,1-2H3,(H2,34,35,36,37). The van der Waals surface area contributed by atoms with E-state index in [0.29, 0.717) is 24.2 Å². The molecule has 5 rings (SSSR count). The number of nitrogens with zero attached hydrogens (tertiary/aromatic N) is 6. The molecule has 3 heterocycles. The molecule has 9 nitrogen and oxygen atoms in total. The fraction of sp³-hybridized carbons (Fsp3) is 0.839. The molecule has 2 aromatic heterocycles. The number of aromatic nitrogens is 4. The topological polar surface area (TPSA) is 100 Å². The van der Waals surface area contributed by atoms with Gasteiger partial charge in [-0.3, -0.25) is 0 Å². The van der Waals surface area contributed by atoms with Gasteiger partial charge >= 0.3 is 0 Å². The molecule has 0 amide bonds. The minimum Gasteiger partial charge on any atom is -0.365 e. The molecule has 2 aliphatic carbocycles. The van der Waals surface area contributed by atoms with Crippen LogP contribution in [-0.4, -0.2) is 86.7 Å². The number of imidazole rings is 1. The van der Waals surface area contributed by atoms with Crippen LogP contribution >= 0.6 is 0 Å². The Morgan fingerprint density at radius 1 is 0.850 bits per heavy atom. The van der Waals surface area contributed by atoms with E-state index in [1.165, 1.54) is 77.5 Å². The van der Waals surface area contributed by atoms with E-state index >= 15 is 0 Å². The van der Waals surface area contributed by atoms with Gasteiger partial charge in [0.25, 0.3) is 0 Å². The van der Waals surface area contributed by atoms with Gasteiger partial charge in [-0.15, -0.1) is 0 Å². The fourth-order valence-corrected chi connectivity index (χ4v) is 6.85. The summed E-state index contributed by atoms with van der Waals surface area (Å²) in [7, 11) is 0. The van der Waals surface area contributed by atoms with E-state index in [1.54, 1.807) is 0 Å². The van der Waals surface area contributed by atoms with Crippen LogP contribution in [0.2, 0.25) is 0 Å². The second-order valence-corrected chi connectivity index (χ2v) is 12.7. The largest absolute Gasteiger partial charge is 0.365 e. The van der Waals surface area contributed by atoms with Crippen LogP contribution in [0.1, 0.15) is 110 Å². The van der Waals surface area contributed by atoms with Crippen LogP contribution in [0.15, 0.2) is 6.33 Å². The Bertz CT molecular complexity index is 1010. The van der Waals surface area contributed by atoms with Crippen molar-refractivity contribution in [3.05, 3.63) is 6.33 Å². The van der Waals surface area contributed by atoms with Gasteiger partial charge < -0.3 is 30.7 Å². The molecular formula is C31H55N9. The Kier molecular flexibility index (Phi) is 10.9. The minimum absolute atomic E-state index is 0.337. The SMILES string of the molecule is CCCCN(CCCC)CCN1CCC(Nc2nc(NC3CCC(N)CC3)nc3c2ncn3C2CCCC2)CC1. The zero-order valence-corrected chi connectivity index (χ0v) is 25.3. The normalized spacial score (nSPS) is 23.4. The predicted molar refractivity (Wildman–Crippen MR) is 166 cm³/mol. The summed E-state index contributed by atoms with van der Waals surface area (Å²) >= 11 is 0. The Balaban J connectivity index is 1.22. The van der Waals surface area contributed by atoms with Crippen LogP contribution < -0.4 is 16.4 Å². The van der Waals surface area contributed by atoms with E-state index in [1.807, 2.05) is 6.33 Å². The van der Waals surface area contributed by atoms with Crippen molar-refractivity contribution in [3.63, 3.8) is 0 Å². The number of hydrogen-bond acceptors (Lipinski definition) is 8. The van der Waals surface area contributed by atoms with Gasteiger partial charge in [-0.2, -0.15) is 9.97 Å². The second kappa shape index (κ2) is 14.8. The number of fused-ring (bicyclic) bond motifs is 1. The maximum Gasteiger partial charge on any atom is 0.227 e. The van der Waals surface area contributed by atoms with E-state index in [2.05, 4.69) is 38.8 Å². The smallest absolute Gasteiger partial charge is 0.227 e. The summed E-state index contributed by atoms with van der Waals surface area (Å²) in [6, 6.07) is 1.66. The predicted octanol–water partition coefficient (Wildman–Crippen LogP) is 5.40. The summed E-state index contributed by atoms with van der Waals surface area (Å²) in [5.41, 5.74) is 8.07. The highest BCUT2D eigenvalue weighted by Gasteiger charge is 2.26. The van der Waals surface area contributed by atoms with Gasteiger partial charge in [0.2, 0.25) is 5.95 Å². The van der Waals surface area contributed by atoms with Gasteiger partial charge in [-0.25, -0.2) is 4.98 Å². The van der Waals surface area contributed by atoms with Crippen LogP contribution in [0.25, 0.3) is 11.2 Å². The molecule has 4 N–H and O–H groups in total. The molecule has 0 aromatic carbocycles. The molecule has 0 unspecified atom stereocenters. The van der Waals surface area contributed by atoms with Crippen LogP contribution in [0.4, 0.5) is 11.8 Å². The molecular weight excluding hydrogens is 498 g/mol. The maximum absolute atomic E-state index is 6.16. The third-order valence-corrected chi connectivity index (χ3v) is 9.56. The van der Waals surface area contributed by atoms with Gasteiger partial charge in [0.05, 0.1) is 6.33 Å². The first-order valence-electron chi connectivity index (χ1n) is 16.6. The lowest BCUT2D eigenvalue weighted by Crippen LogP contribution is -2.43. The van der Waals surface area contributed by atoms with E-state index in [-0.39, 0.29) is 0 Å². The molecule has 0 radical (unpaired) electrons. The second-order valence-electron chi connectivity index (χ2n) is 12.7. The first kappa shape index (κ1) is 29.5. The summed E-state index contributed by atoms with van der Waals surface area (Å²) in [4.78, 5) is 20.3. The van der Waals surface area contributed by atoms with Gasteiger partial charge in [-0.05, 0) is 77.3 Å². The third kappa shape index (κ3) is 7.85. The van der Waals surface area contributed by atoms with Crippen molar-refractivity contribution in [3.8, 4) is 0 Å². The Labute approximate surface area is 242 Å². The first-order chi connectivity index (χ1) is 19.6. The molecule has 3 aliphatic rings. The van der Waals surface area contributed by atoms with Gasteiger partial charge in [-0.1, -0.05) is 39.5 Å². The van der Waals surface area contributed by atoms with Crippen LogP contribution in [0.5, 0.6) is 0 Å². The fourth-order valence-electron chi connectivity index (χ4n) is 6.85. The maximum atomic E-state index is 6.16. The Hall–Kier alpha value is -1.97. The van der Waals surface area contributed by atoms with E-state index < -0.39 is 0 Å². The minimum atomic E-state index is 0.337. The van der Waals surface area contributed by atoms with Crippen molar-refractivity contribution >= 4 is 22.9 Å². The molecule has 3 fully saturated rings. The van der Waals surface area contributed by atoms with E-state index in [0.717, 1.165) is 74.5 Å². The van der Waals surface area contributed by atoms with Crippen LogP contribution in [0.3, 0.4) is 0 Å². The third-order valence-electron chi connectivity index (χ3n) is 9.56. The zero-order valence-electron chi connectivity index (χ0n) is 25.3. The molecule has 9 heteroatoms. The lowest BCUT2D eigenvalue weighted by molar-refractivity contribution is 0.174. The number of unbranched alkanes of at least 4 members (excludes halogenated alkanes) is 2. The van der Waals surface area contributed by atoms with Crippen molar-refractivity contribution in [1.82, 2.24) is 29.3 Å². The number of nitrogens with one attached hydrogen (secondary N) is 2. The summed E-state index contributed by atoms with van der Waals surface area (Å²) in [6.07, 6.45) is 18.8. The van der Waals surface area contributed by atoms with Gasteiger partial charge in [0.1, 0.15) is 0 Å². The average Bonchev–Trinajstić information content (AvgIpc) is 3.65. The molecule has 224 valence electrons. The number of rotatable bonds is 14. The molecule has 0 atom stereocenters. The summed E-state index contributed by atoms with van der Waals surface area (Å²) < 4.78 is 2.32. The van der Waals surface area contributed by atoms with E-state index in [4.69, 9.17) is 20.7 Å². The molecule has 0 bridgehead atoms. The zero-order chi connectivity index (χ0) is 27.7. The van der Waals surface area contributed by atoms with Crippen molar-refractivity contribution in [1.29, 1.82) is 0 Å². The molecule has 1 aliphatic heterocycles. The number of anilines is 2.